The van der Waals surface area contributed by atoms with Gasteiger partial charge >= 0.3 is 6.09 Å². The first-order valence-corrected chi connectivity index (χ1v) is 11.5. The van der Waals surface area contributed by atoms with Gasteiger partial charge in [0.25, 0.3) is 5.88 Å². The minimum absolute atomic E-state index is 0.0652. The predicted octanol–water partition coefficient (Wildman–Crippen LogP) is 4.49. The first kappa shape index (κ1) is 23.8. The van der Waals surface area contributed by atoms with Crippen LogP contribution in [0.2, 0.25) is 5.02 Å². The van der Waals surface area contributed by atoms with Gasteiger partial charge in [0.2, 0.25) is 5.91 Å². The number of anilines is 2. The third-order valence-electron chi connectivity index (χ3n) is 5.31. The summed E-state index contributed by atoms with van der Waals surface area (Å²) >= 11 is 5.83. The Kier molecular flexibility index (Phi) is 6.64. The van der Waals surface area contributed by atoms with Gasteiger partial charge in [-0.1, -0.05) is 23.7 Å². The average molecular weight is 515 g/mol. The number of halogens is 1. The molecule has 184 valence electrons. The second-order valence-electron chi connectivity index (χ2n) is 7.89. The number of amides is 2. The van der Waals surface area contributed by atoms with E-state index in [4.69, 9.17) is 16.3 Å². The van der Waals surface area contributed by atoms with Crippen LogP contribution in [0.3, 0.4) is 0 Å². The standard InChI is InChI=1S/C26H19ClN6O4/c27-17-5-10-23(28-15-17)30-24(35)16-33-22-4-2-1-3-21(22)25(31-33)37-26(36)29-18-6-8-19(9-7-18)32-13-11-20(34)12-14-32/h1-15H,16H2,(H,29,36)(H,28,30,35). The zero-order chi connectivity index (χ0) is 25.8. The number of rotatable bonds is 6. The van der Waals surface area contributed by atoms with E-state index in [0.717, 1.165) is 5.69 Å². The highest BCUT2D eigenvalue weighted by molar-refractivity contribution is 6.30. The Bertz CT molecular complexity index is 1620. The van der Waals surface area contributed by atoms with E-state index in [1.807, 2.05) is 0 Å². The molecule has 0 fully saturated rings. The number of nitrogens with one attached hydrogen (secondary N) is 2. The summed E-state index contributed by atoms with van der Waals surface area (Å²) in [6, 6.07) is 20.2. The summed E-state index contributed by atoms with van der Waals surface area (Å²) in [5.41, 5.74) is 1.87. The molecule has 5 rings (SSSR count). The minimum Gasteiger partial charge on any atom is -0.389 e. The highest BCUT2D eigenvalue weighted by atomic mass is 35.5. The first-order valence-electron chi connectivity index (χ1n) is 11.1. The SMILES string of the molecule is O=C(Cn1nc(OC(=O)Nc2ccc(-n3ccc(=O)cc3)cc2)c2ccccc21)Nc1ccc(Cl)cn1. The maximum absolute atomic E-state index is 12.6. The third kappa shape index (κ3) is 5.65. The minimum atomic E-state index is -0.735. The maximum Gasteiger partial charge on any atom is 0.418 e. The molecular weight excluding hydrogens is 496 g/mol. The van der Waals surface area contributed by atoms with E-state index in [1.54, 1.807) is 77.6 Å². The maximum atomic E-state index is 12.6. The highest BCUT2D eigenvalue weighted by Gasteiger charge is 2.17. The number of nitrogens with zero attached hydrogens (tertiary/aromatic N) is 4. The van der Waals surface area contributed by atoms with Crippen LogP contribution in [0.15, 0.2) is 96.2 Å². The van der Waals surface area contributed by atoms with E-state index in [1.165, 1.54) is 23.0 Å². The molecule has 37 heavy (non-hydrogen) atoms. The Balaban J connectivity index is 1.27. The number of ether oxygens (including phenoxy) is 1. The van der Waals surface area contributed by atoms with Gasteiger partial charge in [0.05, 0.1) is 15.9 Å². The van der Waals surface area contributed by atoms with E-state index in [0.29, 0.717) is 27.4 Å². The summed E-state index contributed by atoms with van der Waals surface area (Å²) in [6.45, 7) is -0.123. The number of para-hydroxylation sites is 1. The van der Waals surface area contributed by atoms with Crippen molar-refractivity contribution in [2.75, 3.05) is 10.6 Å². The Labute approximate surface area is 215 Å². The molecule has 2 aromatic carbocycles. The number of fused-ring (bicyclic) bond motifs is 1. The number of aromatic nitrogens is 4. The van der Waals surface area contributed by atoms with Crippen LogP contribution >= 0.6 is 11.6 Å². The molecule has 0 aliphatic carbocycles. The van der Waals surface area contributed by atoms with Crippen LogP contribution in [-0.2, 0) is 11.3 Å². The molecule has 0 spiro atoms. The summed E-state index contributed by atoms with van der Waals surface area (Å²) < 4.78 is 8.70. The van der Waals surface area contributed by atoms with E-state index in [2.05, 4.69) is 20.7 Å². The number of hydrogen-bond donors (Lipinski definition) is 2. The van der Waals surface area contributed by atoms with Gasteiger partial charge in [-0.3, -0.25) is 19.6 Å². The molecule has 0 aliphatic rings. The topological polar surface area (TPSA) is 120 Å². The van der Waals surface area contributed by atoms with Crippen molar-refractivity contribution < 1.29 is 14.3 Å². The van der Waals surface area contributed by atoms with Crippen LogP contribution in [0.1, 0.15) is 0 Å². The second-order valence-corrected chi connectivity index (χ2v) is 8.33. The Morgan fingerprint density at radius 3 is 2.41 bits per heavy atom. The fraction of sp³-hybridized carbons (Fsp3) is 0.0385. The Hall–Kier alpha value is -4.96. The van der Waals surface area contributed by atoms with Crippen molar-refractivity contribution in [2.45, 2.75) is 6.54 Å². The number of benzene rings is 2. The van der Waals surface area contributed by atoms with Crippen molar-refractivity contribution in [1.82, 2.24) is 19.3 Å². The van der Waals surface area contributed by atoms with E-state index >= 15 is 0 Å². The Morgan fingerprint density at radius 1 is 0.919 bits per heavy atom. The molecule has 0 bridgehead atoms. The zero-order valence-corrected chi connectivity index (χ0v) is 19.9. The van der Waals surface area contributed by atoms with Crippen LogP contribution in [0, 0.1) is 0 Å². The van der Waals surface area contributed by atoms with Crippen molar-refractivity contribution in [1.29, 1.82) is 0 Å². The predicted molar refractivity (Wildman–Crippen MR) is 139 cm³/mol. The van der Waals surface area contributed by atoms with Gasteiger partial charge in [-0.2, -0.15) is 0 Å². The smallest absolute Gasteiger partial charge is 0.389 e. The summed E-state index contributed by atoms with van der Waals surface area (Å²) in [6.07, 6.45) is 4.02. The van der Waals surface area contributed by atoms with Crippen LogP contribution in [0.4, 0.5) is 16.3 Å². The van der Waals surface area contributed by atoms with Crippen LogP contribution < -0.4 is 20.8 Å². The van der Waals surface area contributed by atoms with E-state index in [-0.39, 0.29) is 23.8 Å². The van der Waals surface area contributed by atoms with Gasteiger partial charge in [-0.05, 0) is 48.5 Å². The number of hydrogen-bond acceptors (Lipinski definition) is 6. The highest BCUT2D eigenvalue weighted by Crippen LogP contribution is 2.25. The summed E-state index contributed by atoms with van der Waals surface area (Å²) in [5.74, 6) is 0.0610. The lowest BCUT2D eigenvalue weighted by Crippen LogP contribution is -2.20. The molecule has 2 N–H and O–H groups in total. The largest absolute Gasteiger partial charge is 0.418 e. The van der Waals surface area contributed by atoms with Crippen molar-refractivity contribution in [2.24, 2.45) is 0 Å². The number of carbonyl (C=O) groups is 2. The van der Waals surface area contributed by atoms with Crippen molar-refractivity contribution in [3.63, 3.8) is 0 Å². The third-order valence-corrected chi connectivity index (χ3v) is 5.54. The van der Waals surface area contributed by atoms with Crippen LogP contribution in [0.5, 0.6) is 5.88 Å². The van der Waals surface area contributed by atoms with Gasteiger partial charge < -0.3 is 14.6 Å². The molecule has 5 aromatic rings. The zero-order valence-electron chi connectivity index (χ0n) is 19.2. The van der Waals surface area contributed by atoms with Gasteiger partial charge in [0, 0.05) is 42.1 Å². The van der Waals surface area contributed by atoms with E-state index < -0.39 is 6.09 Å². The molecule has 11 heteroatoms. The molecule has 0 aliphatic heterocycles. The Morgan fingerprint density at radius 2 is 1.68 bits per heavy atom. The fourth-order valence-corrected chi connectivity index (χ4v) is 3.71. The average Bonchev–Trinajstić information content (AvgIpc) is 3.23. The number of carbonyl (C=O) groups excluding carboxylic acids is 2. The monoisotopic (exact) mass is 514 g/mol. The molecule has 0 saturated heterocycles. The normalized spacial score (nSPS) is 10.7. The van der Waals surface area contributed by atoms with Crippen LogP contribution in [0.25, 0.3) is 16.6 Å². The fourth-order valence-electron chi connectivity index (χ4n) is 3.59. The molecule has 0 saturated carbocycles. The van der Waals surface area contributed by atoms with Gasteiger partial charge in [-0.15, -0.1) is 5.10 Å². The van der Waals surface area contributed by atoms with Gasteiger partial charge in [0.15, 0.2) is 5.43 Å². The van der Waals surface area contributed by atoms with E-state index in [9.17, 15) is 14.4 Å². The summed E-state index contributed by atoms with van der Waals surface area (Å²) in [4.78, 5) is 40.5. The quantitative estimate of drug-likeness (QED) is 0.344. The molecule has 3 heterocycles. The number of pyridine rings is 2. The second kappa shape index (κ2) is 10.3. The lowest BCUT2D eigenvalue weighted by atomic mass is 10.2. The van der Waals surface area contributed by atoms with Crippen LogP contribution in [-0.4, -0.2) is 31.3 Å². The summed E-state index contributed by atoms with van der Waals surface area (Å²) in [7, 11) is 0. The molecular formula is C26H19ClN6O4. The molecule has 0 radical (unpaired) electrons. The lowest BCUT2D eigenvalue weighted by molar-refractivity contribution is -0.116. The van der Waals surface area contributed by atoms with Gasteiger partial charge in [0.1, 0.15) is 12.4 Å². The van der Waals surface area contributed by atoms with Crippen molar-refractivity contribution >= 4 is 46.0 Å². The molecule has 0 unspecified atom stereocenters. The molecule has 10 nitrogen and oxygen atoms in total. The van der Waals surface area contributed by atoms with Crippen molar-refractivity contribution in [3.05, 3.63) is 107 Å². The van der Waals surface area contributed by atoms with Crippen molar-refractivity contribution in [3.8, 4) is 11.6 Å². The lowest BCUT2D eigenvalue weighted by Gasteiger charge is -2.08. The molecule has 3 aromatic heterocycles. The van der Waals surface area contributed by atoms with Gasteiger partial charge in [-0.25, -0.2) is 9.78 Å². The molecule has 0 atom stereocenters. The first-order chi connectivity index (χ1) is 17.9. The molecule has 2 amide bonds. The summed E-state index contributed by atoms with van der Waals surface area (Å²) in [5, 5.41) is 10.7.